The van der Waals surface area contributed by atoms with E-state index in [9.17, 15) is 9.59 Å². The van der Waals surface area contributed by atoms with E-state index in [2.05, 4.69) is 10.6 Å². The van der Waals surface area contributed by atoms with Crippen LogP contribution in [-0.2, 0) is 4.79 Å². The van der Waals surface area contributed by atoms with Crippen molar-refractivity contribution < 1.29 is 14.7 Å². The summed E-state index contributed by atoms with van der Waals surface area (Å²) in [6, 6.07) is -1.22. The fraction of sp³-hybridized carbons (Fsp3) is 0.833. The van der Waals surface area contributed by atoms with Gasteiger partial charge in [0.25, 0.3) is 0 Å². The van der Waals surface area contributed by atoms with Gasteiger partial charge in [-0.25, -0.2) is 9.59 Å². The maximum atomic E-state index is 11.6. The molecular weight excluding hydrogens is 252 g/mol. The molecule has 0 aromatic carbocycles. The first-order valence-electron chi connectivity index (χ1n) is 6.14. The Morgan fingerprint density at radius 2 is 2.00 bits per heavy atom. The number of urea groups is 1. The number of aliphatic carboxylic acids is 1. The Kier molecular flexibility index (Phi) is 7.82. The van der Waals surface area contributed by atoms with Crippen LogP contribution in [-0.4, -0.2) is 40.7 Å². The number of hydrogen-bond donors (Lipinski definition) is 3. The molecule has 18 heavy (non-hydrogen) atoms. The molecule has 0 aliphatic rings. The van der Waals surface area contributed by atoms with Crippen molar-refractivity contribution in [1.29, 1.82) is 0 Å². The first-order chi connectivity index (χ1) is 8.32. The zero-order valence-electron chi connectivity index (χ0n) is 11.6. The van der Waals surface area contributed by atoms with Gasteiger partial charge >= 0.3 is 12.0 Å². The molecule has 0 aliphatic heterocycles. The van der Waals surface area contributed by atoms with Crippen LogP contribution >= 0.6 is 11.8 Å². The van der Waals surface area contributed by atoms with Gasteiger partial charge in [0.2, 0.25) is 0 Å². The summed E-state index contributed by atoms with van der Waals surface area (Å²) in [4.78, 5) is 22.5. The van der Waals surface area contributed by atoms with Crippen molar-refractivity contribution in [2.24, 2.45) is 0 Å². The predicted octanol–water partition coefficient (Wildman–Crippen LogP) is 2.07. The molecular formula is C12H24N2O3S. The van der Waals surface area contributed by atoms with E-state index in [1.807, 2.05) is 27.0 Å². The lowest BCUT2D eigenvalue weighted by Crippen LogP contribution is -2.48. The molecule has 2 amide bonds. The Hall–Kier alpha value is -0.910. The highest BCUT2D eigenvalue weighted by atomic mass is 32.2. The van der Waals surface area contributed by atoms with Gasteiger partial charge in [-0.2, -0.15) is 11.8 Å². The minimum absolute atomic E-state index is 0.0561. The van der Waals surface area contributed by atoms with Gasteiger partial charge in [0, 0.05) is 11.3 Å². The van der Waals surface area contributed by atoms with Crippen LogP contribution in [0.2, 0.25) is 0 Å². The molecule has 0 aromatic heterocycles. The molecule has 1 atom stereocenters. The maximum Gasteiger partial charge on any atom is 0.326 e. The van der Waals surface area contributed by atoms with Crippen LogP contribution in [0.25, 0.3) is 0 Å². The Morgan fingerprint density at radius 3 is 2.44 bits per heavy atom. The van der Waals surface area contributed by atoms with Crippen molar-refractivity contribution in [3.05, 3.63) is 0 Å². The third-order valence-electron chi connectivity index (χ3n) is 2.68. The SMILES string of the molecule is CCCCC(NC(=O)NCC(C)(C)SC)C(=O)O. The van der Waals surface area contributed by atoms with E-state index in [-0.39, 0.29) is 4.75 Å². The molecule has 1 unspecified atom stereocenters. The second-order valence-corrected chi connectivity index (χ2v) is 6.34. The fourth-order valence-corrected chi connectivity index (χ4v) is 1.46. The summed E-state index contributed by atoms with van der Waals surface area (Å²) in [5, 5.41) is 14.2. The Balaban J connectivity index is 4.14. The summed E-state index contributed by atoms with van der Waals surface area (Å²) >= 11 is 1.65. The predicted molar refractivity (Wildman–Crippen MR) is 75.1 cm³/mol. The smallest absolute Gasteiger partial charge is 0.326 e. The van der Waals surface area contributed by atoms with Crippen LogP contribution in [0.15, 0.2) is 0 Å². The van der Waals surface area contributed by atoms with Gasteiger partial charge < -0.3 is 15.7 Å². The molecule has 0 radical (unpaired) electrons. The molecule has 6 heteroatoms. The number of nitrogens with one attached hydrogen (secondary N) is 2. The molecule has 5 nitrogen and oxygen atoms in total. The number of carbonyl (C=O) groups is 2. The number of hydrogen-bond acceptors (Lipinski definition) is 3. The lowest BCUT2D eigenvalue weighted by atomic mass is 10.1. The highest BCUT2D eigenvalue weighted by Gasteiger charge is 2.21. The third kappa shape index (κ3) is 7.42. The van der Waals surface area contributed by atoms with Crippen LogP contribution in [0, 0.1) is 0 Å². The summed E-state index contributed by atoms with van der Waals surface area (Å²) in [5.74, 6) is -0.984. The molecule has 106 valence electrons. The van der Waals surface area contributed by atoms with Gasteiger partial charge in [-0.15, -0.1) is 0 Å². The Bertz CT molecular complexity index is 282. The normalized spacial score (nSPS) is 12.9. The van der Waals surface area contributed by atoms with Gasteiger partial charge in [0.15, 0.2) is 0 Å². The van der Waals surface area contributed by atoms with Crippen LogP contribution in [0.4, 0.5) is 4.79 Å². The summed E-state index contributed by atoms with van der Waals surface area (Å²) in [6.45, 7) is 6.52. The van der Waals surface area contributed by atoms with Crippen LogP contribution in [0.1, 0.15) is 40.0 Å². The monoisotopic (exact) mass is 276 g/mol. The van der Waals surface area contributed by atoms with E-state index >= 15 is 0 Å². The van der Waals surface area contributed by atoms with E-state index < -0.39 is 18.0 Å². The van der Waals surface area contributed by atoms with Crippen molar-refractivity contribution in [2.75, 3.05) is 12.8 Å². The number of thioether (sulfide) groups is 1. The molecule has 0 heterocycles. The first-order valence-corrected chi connectivity index (χ1v) is 7.37. The van der Waals surface area contributed by atoms with Crippen LogP contribution < -0.4 is 10.6 Å². The molecule has 0 saturated carbocycles. The number of carbonyl (C=O) groups excluding carboxylic acids is 1. The Morgan fingerprint density at radius 1 is 1.39 bits per heavy atom. The minimum Gasteiger partial charge on any atom is -0.480 e. The summed E-state index contributed by atoms with van der Waals surface area (Å²) in [7, 11) is 0. The van der Waals surface area contributed by atoms with E-state index in [0.717, 1.165) is 12.8 Å². The van der Waals surface area contributed by atoms with Gasteiger partial charge in [-0.3, -0.25) is 0 Å². The van der Waals surface area contributed by atoms with Crippen molar-refractivity contribution in [2.45, 2.75) is 50.8 Å². The molecule has 0 spiro atoms. The lowest BCUT2D eigenvalue weighted by molar-refractivity contribution is -0.139. The summed E-state index contributed by atoms with van der Waals surface area (Å²) in [5.41, 5.74) is 0. The second-order valence-electron chi connectivity index (χ2n) is 4.82. The number of rotatable bonds is 8. The molecule has 0 aliphatic carbocycles. The number of unbranched alkanes of at least 4 members (excludes halogenated alkanes) is 1. The molecule has 0 bridgehead atoms. The molecule has 0 aromatic rings. The van der Waals surface area contributed by atoms with Crippen molar-refractivity contribution in [1.82, 2.24) is 10.6 Å². The molecule has 0 fully saturated rings. The van der Waals surface area contributed by atoms with E-state index in [1.54, 1.807) is 11.8 Å². The zero-order chi connectivity index (χ0) is 14.2. The van der Waals surface area contributed by atoms with Crippen molar-refractivity contribution in [3.8, 4) is 0 Å². The minimum atomic E-state index is -0.984. The lowest BCUT2D eigenvalue weighted by Gasteiger charge is -2.23. The second kappa shape index (κ2) is 8.24. The summed E-state index contributed by atoms with van der Waals surface area (Å²) < 4.78 is -0.0561. The Labute approximate surface area is 113 Å². The number of carboxylic acids is 1. The van der Waals surface area contributed by atoms with E-state index in [1.165, 1.54) is 0 Å². The standard InChI is InChI=1S/C12H24N2O3S/c1-5-6-7-9(10(15)16)14-11(17)13-8-12(2,3)18-4/h9H,5-8H2,1-4H3,(H,15,16)(H2,13,14,17). The largest absolute Gasteiger partial charge is 0.480 e. The van der Waals surface area contributed by atoms with Gasteiger partial charge in [0.05, 0.1) is 0 Å². The van der Waals surface area contributed by atoms with Gasteiger partial charge in [-0.05, 0) is 26.5 Å². The average Bonchev–Trinajstić information content (AvgIpc) is 2.31. The van der Waals surface area contributed by atoms with Crippen LogP contribution in [0.3, 0.4) is 0 Å². The van der Waals surface area contributed by atoms with E-state index in [0.29, 0.717) is 13.0 Å². The molecule has 3 N–H and O–H groups in total. The highest BCUT2D eigenvalue weighted by molar-refractivity contribution is 7.99. The zero-order valence-corrected chi connectivity index (χ0v) is 12.4. The first kappa shape index (κ1) is 17.1. The van der Waals surface area contributed by atoms with Gasteiger partial charge in [-0.1, -0.05) is 19.8 Å². The number of amides is 2. The highest BCUT2D eigenvalue weighted by Crippen LogP contribution is 2.19. The maximum absolute atomic E-state index is 11.6. The molecule has 0 saturated heterocycles. The summed E-state index contributed by atoms with van der Waals surface area (Å²) in [6.07, 6.45) is 4.13. The molecule has 0 rings (SSSR count). The van der Waals surface area contributed by atoms with Crippen molar-refractivity contribution in [3.63, 3.8) is 0 Å². The van der Waals surface area contributed by atoms with Crippen molar-refractivity contribution >= 4 is 23.8 Å². The fourth-order valence-electron chi connectivity index (χ4n) is 1.24. The third-order valence-corrected chi connectivity index (χ3v) is 3.93. The average molecular weight is 276 g/mol. The van der Waals surface area contributed by atoms with Gasteiger partial charge in [0.1, 0.15) is 6.04 Å². The van der Waals surface area contributed by atoms with Crippen LogP contribution in [0.5, 0.6) is 0 Å². The van der Waals surface area contributed by atoms with E-state index in [4.69, 9.17) is 5.11 Å². The number of carboxylic acid groups (broad SMARTS) is 1. The quantitative estimate of drug-likeness (QED) is 0.634. The topological polar surface area (TPSA) is 78.4 Å².